The van der Waals surface area contributed by atoms with E-state index in [2.05, 4.69) is 11.9 Å². The molecule has 200 valence electrons. The zero-order chi connectivity index (χ0) is 26.1. The third-order valence-electron chi connectivity index (χ3n) is 6.11. The number of phosphoric acid groups is 1. The van der Waals surface area contributed by atoms with Gasteiger partial charge in [0, 0.05) is 24.4 Å². The minimum absolute atomic E-state index is 0.00887. The lowest BCUT2D eigenvalue weighted by atomic mass is 10.1. The molecule has 0 bridgehead atoms. The van der Waals surface area contributed by atoms with E-state index in [1.54, 1.807) is 0 Å². The minimum atomic E-state index is -4.02. The van der Waals surface area contributed by atoms with Gasteiger partial charge in [0.15, 0.2) is 5.82 Å². The summed E-state index contributed by atoms with van der Waals surface area (Å²) in [6.45, 7) is 7.25. The Morgan fingerprint density at radius 3 is 2.64 bits per heavy atom. The Morgan fingerprint density at radius 2 is 1.92 bits per heavy atom. The van der Waals surface area contributed by atoms with Crippen molar-refractivity contribution in [2.45, 2.75) is 65.8 Å². The molecule has 3 aromatic rings. The van der Waals surface area contributed by atoms with E-state index in [0.717, 1.165) is 42.4 Å². The van der Waals surface area contributed by atoms with Crippen LogP contribution in [0.25, 0.3) is 21.9 Å². The van der Waals surface area contributed by atoms with Crippen LogP contribution in [-0.4, -0.2) is 51.0 Å². The topological polar surface area (TPSA) is 142 Å². The molecule has 0 saturated heterocycles. The average molecular weight is 523 g/mol. The first kappa shape index (κ1) is 28.3. The number of phosphoric ester groups is 1. The maximum Gasteiger partial charge on any atom is 0.472 e. The highest BCUT2D eigenvalue weighted by Gasteiger charge is 2.21. The number of ether oxygens (including phenoxy) is 1. The number of rotatable bonds is 16. The number of fused-ring (bicyclic) bond motifs is 3. The number of aliphatic hydroxyl groups is 1. The Bertz CT molecular complexity index is 1180. The molecular weight excluding hydrogens is 483 g/mol. The molecule has 0 radical (unpaired) electrons. The highest BCUT2D eigenvalue weighted by Crippen LogP contribution is 2.43. The number of aromatic nitrogens is 3. The van der Waals surface area contributed by atoms with Gasteiger partial charge >= 0.3 is 7.82 Å². The smallest absolute Gasteiger partial charge is 0.472 e. The number of nitrogen functional groups attached to an aromatic ring is 1. The fourth-order valence-corrected chi connectivity index (χ4v) is 4.72. The van der Waals surface area contributed by atoms with Crippen molar-refractivity contribution in [2.75, 3.05) is 32.2 Å². The number of unbranched alkanes of at least 4 members (excludes halogenated alkanes) is 2. The van der Waals surface area contributed by atoms with Crippen LogP contribution in [0.5, 0.6) is 5.75 Å². The maximum atomic E-state index is 11.9. The number of nitrogens with two attached hydrogens (primary N) is 1. The zero-order valence-electron chi connectivity index (χ0n) is 21.5. The van der Waals surface area contributed by atoms with Crippen LogP contribution in [0.1, 0.15) is 58.7 Å². The van der Waals surface area contributed by atoms with E-state index >= 15 is 0 Å². The third-order valence-corrected chi connectivity index (χ3v) is 7.10. The van der Waals surface area contributed by atoms with E-state index in [1.807, 2.05) is 36.6 Å². The van der Waals surface area contributed by atoms with Crippen molar-refractivity contribution in [1.82, 2.24) is 14.5 Å². The summed E-state index contributed by atoms with van der Waals surface area (Å²) < 4.78 is 29.8. The molecule has 0 saturated carbocycles. The van der Waals surface area contributed by atoms with Gasteiger partial charge < -0.3 is 25.0 Å². The van der Waals surface area contributed by atoms with E-state index in [0.29, 0.717) is 48.6 Å². The SMILES string of the molecule is CCCCc1nc2c(N)nc3cc(OCCCCOP(=O)(O)OC[C@H](C)CC)ccc3c2n1CCO. The first-order valence-corrected chi connectivity index (χ1v) is 14.2. The predicted octanol–water partition coefficient (Wildman–Crippen LogP) is 4.84. The molecule has 1 aromatic carbocycles. The van der Waals surface area contributed by atoms with Crippen LogP contribution in [-0.2, 0) is 26.6 Å². The summed E-state index contributed by atoms with van der Waals surface area (Å²) in [6, 6.07) is 5.66. The van der Waals surface area contributed by atoms with Crippen LogP contribution < -0.4 is 10.5 Å². The normalized spacial score (nSPS) is 14.4. The molecule has 0 amide bonds. The second kappa shape index (κ2) is 13.4. The molecule has 0 aliphatic rings. The van der Waals surface area contributed by atoms with Crippen molar-refractivity contribution in [3.63, 3.8) is 0 Å². The summed E-state index contributed by atoms with van der Waals surface area (Å²) in [6.07, 6.45) is 4.93. The van der Waals surface area contributed by atoms with Crippen molar-refractivity contribution >= 4 is 35.6 Å². The number of aryl methyl sites for hydroxylation is 1. The highest BCUT2D eigenvalue weighted by molar-refractivity contribution is 7.47. The summed E-state index contributed by atoms with van der Waals surface area (Å²) in [4.78, 5) is 19.0. The number of imidazole rings is 1. The Labute approximate surface area is 212 Å². The van der Waals surface area contributed by atoms with Gasteiger partial charge in [0.2, 0.25) is 0 Å². The van der Waals surface area contributed by atoms with Gasteiger partial charge in [0.05, 0.1) is 37.5 Å². The molecule has 3 rings (SSSR count). The number of benzene rings is 1. The van der Waals surface area contributed by atoms with Gasteiger partial charge in [-0.05, 0) is 37.3 Å². The van der Waals surface area contributed by atoms with E-state index in [9.17, 15) is 14.6 Å². The fourth-order valence-electron chi connectivity index (χ4n) is 3.84. The van der Waals surface area contributed by atoms with Crippen molar-refractivity contribution in [3.8, 4) is 5.75 Å². The second-order valence-corrected chi connectivity index (χ2v) is 10.5. The van der Waals surface area contributed by atoms with Crippen LogP contribution in [0.3, 0.4) is 0 Å². The van der Waals surface area contributed by atoms with E-state index < -0.39 is 7.82 Å². The molecule has 11 heteroatoms. The van der Waals surface area contributed by atoms with Crippen LogP contribution >= 0.6 is 7.82 Å². The number of anilines is 1. The largest absolute Gasteiger partial charge is 0.494 e. The fraction of sp³-hybridized carbons (Fsp3) is 0.600. The molecule has 36 heavy (non-hydrogen) atoms. The van der Waals surface area contributed by atoms with Crippen LogP contribution in [0.2, 0.25) is 0 Å². The second-order valence-electron chi connectivity index (χ2n) is 9.05. The number of nitrogens with zero attached hydrogens (tertiary/aromatic N) is 3. The Kier molecular flexibility index (Phi) is 10.5. The molecule has 2 atom stereocenters. The van der Waals surface area contributed by atoms with Gasteiger partial charge in [-0.25, -0.2) is 14.5 Å². The first-order valence-electron chi connectivity index (χ1n) is 12.7. The molecule has 10 nitrogen and oxygen atoms in total. The van der Waals surface area contributed by atoms with Crippen molar-refractivity contribution < 1.29 is 28.3 Å². The number of hydrogen-bond acceptors (Lipinski definition) is 8. The van der Waals surface area contributed by atoms with E-state index in [-0.39, 0.29) is 25.7 Å². The Hall–Kier alpha value is -2.23. The lowest BCUT2D eigenvalue weighted by Gasteiger charge is -2.14. The maximum absolute atomic E-state index is 11.9. The van der Waals surface area contributed by atoms with Gasteiger partial charge in [-0.1, -0.05) is 33.6 Å². The quantitative estimate of drug-likeness (QED) is 0.178. The highest BCUT2D eigenvalue weighted by atomic mass is 31.2. The van der Waals surface area contributed by atoms with Gasteiger partial charge in [-0.15, -0.1) is 0 Å². The monoisotopic (exact) mass is 522 g/mol. The van der Waals surface area contributed by atoms with Crippen molar-refractivity contribution in [2.24, 2.45) is 5.92 Å². The summed E-state index contributed by atoms with van der Waals surface area (Å²) in [5.74, 6) is 2.11. The van der Waals surface area contributed by atoms with Crippen LogP contribution in [0, 0.1) is 5.92 Å². The van der Waals surface area contributed by atoms with Gasteiger partial charge in [-0.2, -0.15) is 0 Å². The van der Waals surface area contributed by atoms with E-state index in [1.165, 1.54) is 0 Å². The molecule has 0 fully saturated rings. The Balaban J connectivity index is 1.61. The number of hydrogen-bond donors (Lipinski definition) is 3. The molecular formula is C25H39N4O6P. The van der Waals surface area contributed by atoms with Gasteiger partial charge in [-0.3, -0.25) is 9.05 Å². The van der Waals surface area contributed by atoms with Gasteiger partial charge in [0.25, 0.3) is 0 Å². The van der Waals surface area contributed by atoms with Crippen LogP contribution in [0.15, 0.2) is 18.2 Å². The number of aliphatic hydroxyl groups excluding tert-OH is 1. The number of pyridine rings is 1. The predicted molar refractivity (Wildman–Crippen MR) is 141 cm³/mol. The van der Waals surface area contributed by atoms with Crippen molar-refractivity contribution in [3.05, 3.63) is 24.0 Å². The molecule has 0 aliphatic heterocycles. The van der Waals surface area contributed by atoms with E-state index in [4.69, 9.17) is 24.5 Å². The summed E-state index contributed by atoms with van der Waals surface area (Å²) in [5.41, 5.74) is 8.49. The lowest BCUT2D eigenvalue weighted by Crippen LogP contribution is -2.07. The summed E-state index contributed by atoms with van der Waals surface area (Å²) in [5, 5.41) is 10.5. The minimum Gasteiger partial charge on any atom is -0.494 e. The average Bonchev–Trinajstić information content (AvgIpc) is 3.22. The third kappa shape index (κ3) is 7.40. The molecule has 0 aliphatic carbocycles. The zero-order valence-corrected chi connectivity index (χ0v) is 22.4. The molecule has 2 aromatic heterocycles. The summed E-state index contributed by atoms with van der Waals surface area (Å²) >= 11 is 0. The lowest BCUT2D eigenvalue weighted by molar-refractivity contribution is 0.130. The molecule has 1 unspecified atom stereocenters. The van der Waals surface area contributed by atoms with Gasteiger partial charge in [0.1, 0.15) is 17.1 Å². The standard InChI is InChI=1S/C25H39N4O6P/c1-4-6-9-22-28-23-24(29(22)12-13-30)20-11-10-19(16-21(20)27-25(23)26)33-14-7-8-15-34-36(31,32)35-17-18(3)5-2/h10-11,16,18,30H,4-9,12-15,17H2,1-3H3,(H2,26,27)(H,31,32)/t18-/m1/s1. The molecule has 4 N–H and O–H groups in total. The van der Waals surface area contributed by atoms with Crippen molar-refractivity contribution in [1.29, 1.82) is 0 Å². The first-order chi connectivity index (χ1) is 17.3. The molecule has 0 spiro atoms. The Morgan fingerprint density at radius 1 is 1.14 bits per heavy atom. The molecule has 2 heterocycles. The van der Waals surface area contributed by atoms with Crippen LogP contribution in [0.4, 0.5) is 5.82 Å². The summed E-state index contributed by atoms with van der Waals surface area (Å²) in [7, 11) is -4.02.